The Morgan fingerprint density at radius 2 is 1.67 bits per heavy atom. The monoisotopic (exact) mass is 451 g/mol. The van der Waals surface area contributed by atoms with Gasteiger partial charge in [0.25, 0.3) is 0 Å². The quantitative estimate of drug-likeness (QED) is 0.548. The van der Waals surface area contributed by atoms with Crippen molar-refractivity contribution in [2.75, 3.05) is 19.6 Å². The highest BCUT2D eigenvalue weighted by atomic mass is 16.2. The van der Waals surface area contributed by atoms with Crippen molar-refractivity contribution in [1.82, 2.24) is 15.1 Å². The molecule has 8 nitrogen and oxygen atoms in total. The molecule has 0 bridgehead atoms. The Morgan fingerprint density at radius 3 is 2.30 bits per heavy atom. The molecule has 33 heavy (non-hydrogen) atoms. The lowest BCUT2D eigenvalue weighted by Crippen LogP contribution is -2.63. The maximum absolute atomic E-state index is 13.2. The number of rotatable bonds is 8. The highest BCUT2D eigenvalue weighted by Crippen LogP contribution is 2.15. The lowest BCUT2D eigenvalue weighted by molar-refractivity contribution is -0.148. The molecular weight excluding hydrogens is 418 g/mol. The molecular formula is C25H33N5O3. The van der Waals surface area contributed by atoms with Crippen molar-refractivity contribution in [2.24, 2.45) is 11.5 Å². The number of nitrogens with one attached hydrogen (secondary N) is 1. The van der Waals surface area contributed by atoms with Crippen LogP contribution in [0.3, 0.4) is 0 Å². The fourth-order valence-electron chi connectivity index (χ4n) is 3.96. The average Bonchev–Trinajstić information content (AvgIpc) is 2.85. The topological polar surface area (TPSA) is 122 Å². The summed E-state index contributed by atoms with van der Waals surface area (Å²) in [5.41, 5.74) is 14.9. The Balaban J connectivity index is 1.65. The molecule has 2 unspecified atom stereocenters. The van der Waals surface area contributed by atoms with E-state index < -0.39 is 12.1 Å². The largest absolute Gasteiger partial charge is 0.350 e. The third-order valence-corrected chi connectivity index (χ3v) is 6.04. The Bertz CT molecular complexity index is 948. The SMILES string of the molecule is CC(=O)N1CCN(C(=O)C(N)CCc2ccccc2)C(C(=O)NCc2ccc(CN)cc2)C1. The Morgan fingerprint density at radius 1 is 1.00 bits per heavy atom. The van der Waals surface area contributed by atoms with E-state index in [0.29, 0.717) is 32.5 Å². The van der Waals surface area contributed by atoms with Crippen molar-refractivity contribution in [3.05, 3.63) is 71.3 Å². The second kappa shape index (κ2) is 11.6. The highest BCUT2D eigenvalue weighted by Gasteiger charge is 2.37. The second-order valence-electron chi connectivity index (χ2n) is 8.38. The van der Waals surface area contributed by atoms with Crippen molar-refractivity contribution >= 4 is 17.7 Å². The van der Waals surface area contributed by atoms with E-state index >= 15 is 0 Å². The van der Waals surface area contributed by atoms with Crippen LogP contribution in [0.25, 0.3) is 0 Å². The fraction of sp³-hybridized carbons (Fsp3) is 0.400. The van der Waals surface area contributed by atoms with E-state index in [2.05, 4.69) is 5.32 Å². The van der Waals surface area contributed by atoms with Crippen LogP contribution in [0, 0.1) is 0 Å². The second-order valence-corrected chi connectivity index (χ2v) is 8.38. The van der Waals surface area contributed by atoms with Crippen molar-refractivity contribution < 1.29 is 14.4 Å². The summed E-state index contributed by atoms with van der Waals surface area (Å²) in [6.45, 7) is 3.07. The normalized spacial score (nSPS) is 16.9. The third kappa shape index (κ3) is 6.63. The van der Waals surface area contributed by atoms with Crippen molar-refractivity contribution in [1.29, 1.82) is 0 Å². The molecule has 1 fully saturated rings. The van der Waals surface area contributed by atoms with Crippen molar-refractivity contribution in [2.45, 2.75) is 44.9 Å². The van der Waals surface area contributed by atoms with Gasteiger partial charge in [-0.2, -0.15) is 0 Å². The number of amides is 3. The van der Waals surface area contributed by atoms with Crippen LogP contribution in [0.2, 0.25) is 0 Å². The van der Waals surface area contributed by atoms with Crippen LogP contribution in [-0.4, -0.2) is 59.2 Å². The Hall–Kier alpha value is -3.23. The summed E-state index contributed by atoms with van der Waals surface area (Å²) in [6.07, 6.45) is 1.16. The Kier molecular flexibility index (Phi) is 8.57. The number of nitrogens with two attached hydrogens (primary N) is 2. The van der Waals surface area contributed by atoms with E-state index in [1.165, 1.54) is 11.8 Å². The number of benzene rings is 2. The van der Waals surface area contributed by atoms with E-state index in [9.17, 15) is 14.4 Å². The minimum absolute atomic E-state index is 0.120. The van der Waals surface area contributed by atoms with Gasteiger partial charge in [0.2, 0.25) is 17.7 Å². The minimum Gasteiger partial charge on any atom is -0.350 e. The number of carbonyl (C=O) groups is 3. The number of aryl methyl sites for hydroxylation is 1. The lowest BCUT2D eigenvalue weighted by atomic mass is 10.0. The summed E-state index contributed by atoms with van der Waals surface area (Å²) in [7, 11) is 0. The first-order valence-electron chi connectivity index (χ1n) is 11.3. The van der Waals surface area contributed by atoms with Crippen LogP contribution in [0.15, 0.2) is 54.6 Å². The molecule has 2 aromatic carbocycles. The van der Waals surface area contributed by atoms with Gasteiger partial charge < -0.3 is 26.6 Å². The first-order chi connectivity index (χ1) is 15.9. The van der Waals surface area contributed by atoms with Crippen molar-refractivity contribution in [3.8, 4) is 0 Å². The number of carbonyl (C=O) groups excluding carboxylic acids is 3. The molecule has 0 radical (unpaired) electrons. The smallest absolute Gasteiger partial charge is 0.244 e. The maximum atomic E-state index is 13.2. The molecule has 3 amide bonds. The van der Waals surface area contributed by atoms with Gasteiger partial charge in [0.05, 0.1) is 12.6 Å². The summed E-state index contributed by atoms with van der Waals surface area (Å²) >= 11 is 0. The molecule has 5 N–H and O–H groups in total. The van der Waals surface area contributed by atoms with E-state index in [1.807, 2.05) is 54.6 Å². The van der Waals surface area contributed by atoms with E-state index in [-0.39, 0.29) is 30.8 Å². The van der Waals surface area contributed by atoms with Gasteiger partial charge in [-0.15, -0.1) is 0 Å². The maximum Gasteiger partial charge on any atom is 0.244 e. The molecule has 0 saturated carbocycles. The molecule has 3 rings (SSSR count). The summed E-state index contributed by atoms with van der Waals surface area (Å²) in [5.74, 6) is -0.681. The van der Waals surface area contributed by atoms with Crippen LogP contribution >= 0.6 is 0 Å². The summed E-state index contributed by atoms with van der Waals surface area (Å²) < 4.78 is 0. The molecule has 1 saturated heterocycles. The predicted molar refractivity (Wildman–Crippen MR) is 127 cm³/mol. The van der Waals surface area contributed by atoms with Crippen LogP contribution in [0.4, 0.5) is 0 Å². The number of piperazine rings is 1. The summed E-state index contributed by atoms with van der Waals surface area (Å²) in [6, 6.07) is 16.0. The number of hydrogen-bond acceptors (Lipinski definition) is 5. The third-order valence-electron chi connectivity index (χ3n) is 6.04. The van der Waals surface area contributed by atoms with Crippen LogP contribution < -0.4 is 16.8 Å². The molecule has 1 aliphatic heterocycles. The molecule has 0 spiro atoms. The van der Waals surface area contributed by atoms with Gasteiger partial charge in [0.15, 0.2) is 0 Å². The van der Waals surface area contributed by atoms with E-state index in [1.54, 1.807) is 4.90 Å². The van der Waals surface area contributed by atoms with E-state index in [4.69, 9.17) is 11.5 Å². The van der Waals surface area contributed by atoms with Crippen LogP contribution in [0.5, 0.6) is 0 Å². The first kappa shape index (κ1) is 24.4. The standard InChI is InChI=1S/C25H33N5O3/c1-18(31)29-13-14-30(25(33)22(27)12-11-19-5-3-2-4-6-19)23(17-29)24(32)28-16-21-9-7-20(15-26)8-10-21/h2-10,22-23H,11-17,26-27H2,1H3,(H,28,32). The zero-order chi connectivity index (χ0) is 23.8. The molecule has 0 aliphatic carbocycles. The molecule has 2 atom stereocenters. The first-order valence-corrected chi connectivity index (χ1v) is 11.3. The Labute approximate surface area is 194 Å². The van der Waals surface area contributed by atoms with Gasteiger partial charge in [-0.1, -0.05) is 54.6 Å². The van der Waals surface area contributed by atoms with Gasteiger partial charge in [-0.3, -0.25) is 14.4 Å². The zero-order valence-electron chi connectivity index (χ0n) is 19.1. The van der Waals surface area contributed by atoms with Gasteiger partial charge in [-0.05, 0) is 29.5 Å². The molecule has 2 aromatic rings. The van der Waals surface area contributed by atoms with Crippen LogP contribution in [0.1, 0.15) is 30.0 Å². The summed E-state index contributed by atoms with van der Waals surface area (Å²) in [5, 5.41) is 2.90. The van der Waals surface area contributed by atoms with Gasteiger partial charge in [0, 0.05) is 33.1 Å². The van der Waals surface area contributed by atoms with Gasteiger partial charge in [-0.25, -0.2) is 0 Å². The van der Waals surface area contributed by atoms with E-state index in [0.717, 1.165) is 16.7 Å². The molecule has 176 valence electrons. The zero-order valence-corrected chi connectivity index (χ0v) is 19.1. The minimum atomic E-state index is -0.777. The molecule has 8 heteroatoms. The summed E-state index contributed by atoms with van der Waals surface area (Å²) in [4.78, 5) is 41.3. The number of hydrogen-bond donors (Lipinski definition) is 3. The lowest BCUT2D eigenvalue weighted by Gasteiger charge is -2.41. The fourth-order valence-corrected chi connectivity index (χ4v) is 3.96. The number of nitrogens with zero attached hydrogens (tertiary/aromatic N) is 2. The van der Waals surface area contributed by atoms with Gasteiger partial charge >= 0.3 is 0 Å². The van der Waals surface area contributed by atoms with Gasteiger partial charge in [0.1, 0.15) is 6.04 Å². The predicted octanol–water partition coefficient (Wildman–Crippen LogP) is 0.781. The highest BCUT2D eigenvalue weighted by molar-refractivity contribution is 5.91. The molecule has 1 heterocycles. The molecule has 0 aromatic heterocycles. The van der Waals surface area contributed by atoms with Crippen LogP contribution in [-0.2, 0) is 33.9 Å². The molecule has 1 aliphatic rings. The average molecular weight is 452 g/mol. The van der Waals surface area contributed by atoms with Crippen molar-refractivity contribution in [3.63, 3.8) is 0 Å².